The van der Waals surface area contributed by atoms with E-state index in [0.717, 1.165) is 6.42 Å². The van der Waals surface area contributed by atoms with Gasteiger partial charge >= 0.3 is 0 Å². The summed E-state index contributed by atoms with van der Waals surface area (Å²) in [6.45, 7) is 2.31. The number of benzene rings is 1. The van der Waals surface area contributed by atoms with E-state index in [1.807, 2.05) is 0 Å². The van der Waals surface area contributed by atoms with Gasteiger partial charge in [0.25, 0.3) is 0 Å². The van der Waals surface area contributed by atoms with Crippen molar-refractivity contribution in [1.82, 2.24) is 4.72 Å². The second-order valence-electron chi connectivity index (χ2n) is 4.10. The second-order valence-corrected chi connectivity index (χ2v) is 5.87. The Labute approximate surface area is 113 Å². The molecule has 106 valence electrons. The first-order chi connectivity index (χ1) is 8.95. The van der Waals surface area contributed by atoms with Gasteiger partial charge < -0.3 is 11.1 Å². The minimum atomic E-state index is -3.49. The van der Waals surface area contributed by atoms with Crippen molar-refractivity contribution >= 4 is 21.6 Å². The quantitative estimate of drug-likeness (QED) is 0.641. The Kier molecular flexibility index (Phi) is 5.94. The van der Waals surface area contributed by atoms with E-state index in [1.54, 1.807) is 12.1 Å². The molecule has 1 aromatic carbocycles. The smallest absolute Gasteiger partial charge is 0.240 e. The van der Waals surface area contributed by atoms with Crippen LogP contribution >= 0.6 is 0 Å². The molecule has 0 bridgehead atoms. The molecule has 0 aliphatic rings. The first-order valence-electron chi connectivity index (χ1n) is 6.03. The fraction of sp³-hybridized carbons (Fsp3) is 0.417. The predicted molar refractivity (Wildman–Crippen MR) is 74.2 cm³/mol. The lowest BCUT2D eigenvalue weighted by molar-refractivity contribution is -0.114. The van der Waals surface area contributed by atoms with Gasteiger partial charge in [-0.25, -0.2) is 13.1 Å². The zero-order valence-electron chi connectivity index (χ0n) is 10.8. The summed E-state index contributed by atoms with van der Waals surface area (Å²) < 4.78 is 26.3. The van der Waals surface area contributed by atoms with Crippen molar-refractivity contribution < 1.29 is 13.2 Å². The van der Waals surface area contributed by atoms with Crippen LogP contribution in [-0.4, -0.2) is 27.4 Å². The summed E-state index contributed by atoms with van der Waals surface area (Å²) >= 11 is 0. The highest BCUT2D eigenvalue weighted by Gasteiger charge is 2.12. The van der Waals surface area contributed by atoms with Crippen LogP contribution in [0.5, 0.6) is 0 Å². The average molecular weight is 285 g/mol. The molecule has 6 nitrogen and oxygen atoms in total. The molecule has 0 aromatic heterocycles. The van der Waals surface area contributed by atoms with Crippen molar-refractivity contribution in [3.8, 4) is 0 Å². The molecule has 0 aliphatic heterocycles. The standard InChI is InChI=1S/C12H19N3O3S/c1-10(16)15-11-4-6-12(7-5-11)19(17,18)14-9-3-2-8-13/h4-7,14H,2-3,8-9,13H2,1H3,(H,15,16). The van der Waals surface area contributed by atoms with E-state index < -0.39 is 10.0 Å². The fourth-order valence-electron chi connectivity index (χ4n) is 1.48. The second kappa shape index (κ2) is 7.22. The van der Waals surface area contributed by atoms with Crippen molar-refractivity contribution in [3.63, 3.8) is 0 Å². The Morgan fingerprint density at radius 1 is 1.21 bits per heavy atom. The van der Waals surface area contributed by atoms with Gasteiger partial charge in [0, 0.05) is 19.2 Å². The first kappa shape index (κ1) is 15.6. The average Bonchev–Trinajstić information content (AvgIpc) is 2.35. The summed E-state index contributed by atoms with van der Waals surface area (Å²) in [7, 11) is -3.49. The molecule has 0 radical (unpaired) electrons. The maximum absolute atomic E-state index is 11.9. The lowest BCUT2D eigenvalue weighted by Crippen LogP contribution is -2.25. The van der Waals surface area contributed by atoms with Crippen LogP contribution in [0.1, 0.15) is 19.8 Å². The van der Waals surface area contributed by atoms with E-state index in [2.05, 4.69) is 10.0 Å². The van der Waals surface area contributed by atoms with Crippen molar-refractivity contribution in [2.24, 2.45) is 5.73 Å². The topological polar surface area (TPSA) is 101 Å². The third-order valence-corrected chi connectivity index (χ3v) is 3.88. The molecular formula is C12H19N3O3S. The molecule has 0 spiro atoms. The SMILES string of the molecule is CC(=O)Nc1ccc(S(=O)(=O)NCCCCN)cc1. The first-order valence-corrected chi connectivity index (χ1v) is 7.51. The lowest BCUT2D eigenvalue weighted by atomic mass is 10.3. The number of unbranched alkanes of at least 4 members (excludes halogenated alkanes) is 1. The van der Waals surface area contributed by atoms with Crippen LogP contribution in [0.2, 0.25) is 0 Å². The van der Waals surface area contributed by atoms with Crippen molar-refractivity contribution in [3.05, 3.63) is 24.3 Å². The lowest BCUT2D eigenvalue weighted by Gasteiger charge is -2.07. The van der Waals surface area contributed by atoms with Gasteiger partial charge in [-0.1, -0.05) is 0 Å². The summed E-state index contributed by atoms with van der Waals surface area (Å²) in [5, 5.41) is 2.58. The van der Waals surface area contributed by atoms with Crippen LogP contribution in [-0.2, 0) is 14.8 Å². The maximum atomic E-state index is 11.9. The summed E-state index contributed by atoms with van der Waals surface area (Å²) in [5.74, 6) is -0.199. The number of anilines is 1. The van der Waals surface area contributed by atoms with Gasteiger partial charge in [0.2, 0.25) is 15.9 Å². The van der Waals surface area contributed by atoms with Crippen LogP contribution < -0.4 is 15.8 Å². The Morgan fingerprint density at radius 3 is 2.37 bits per heavy atom. The van der Waals surface area contributed by atoms with Crippen LogP contribution in [0, 0.1) is 0 Å². The highest BCUT2D eigenvalue weighted by molar-refractivity contribution is 7.89. The monoisotopic (exact) mass is 285 g/mol. The molecule has 1 rings (SSSR count). The highest BCUT2D eigenvalue weighted by Crippen LogP contribution is 2.13. The van der Waals surface area contributed by atoms with E-state index in [-0.39, 0.29) is 10.8 Å². The predicted octanol–water partition coefficient (Wildman–Crippen LogP) is 0.662. The molecule has 0 atom stereocenters. The Balaban J connectivity index is 2.65. The normalized spacial score (nSPS) is 11.3. The molecule has 7 heteroatoms. The zero-order chi connectivity index (χ0) is 14.3. The molecule has 0 unspecified atom stereocenters. The van der Waals surface area contributed by atoms with Gasteiger partial charge in [-0.05, 0) is 43.7 Å². The van der Waals surface area contributed by atoms with E-state index >= 15 is 0 Å². The molecule has 0 fully saturated rings. The minimum absolute atomic E-state index is 0.175. The van der Waals surface area contributed by atoms with Gasteiger partial charge in [-0.2, -0.15) is 0 Å². The van der Waals surface area contributed by atoms with Crippen molar-refractivity contribution in [2.45, 2.75) is 24.7 Å². The molecule has 19 heavy (non-hydrogen) atoms. The van der Waals surface area contributed by atoms with E-state index in [4.69, 9.17) is 5.73 Å². The van der Waals surface area contributed by atoms with Gasteiger partial charge in [-0.15, -0.1) is 0 Å². The number of amides is 1. The summed E-state index contributed by atoms with van der Waals surface area (Å²) in [6.07, 6.45) is 1.49. The number of carbonyl (C=O) groups is 1. The van der Waals surface area contributed by atoms with Crippen LogP contribution in [0.3, 0.4) is 0 Å². The summed E-state index contributed by atoms with van der Waals surface area (Å²) in [5.41, 5.74) is 5.90. The number of rotatable bonds is 7. The Bertz CT molecular complexity index is 512. The molecule has 0 saturated carbocycles. The number of nitrogens with two attached hydrogens (primary N) is 1. The largest absolute Gasteiger partial charge is 0.330 e. The third-order valence-electron chi connectivity index (χ3n) is 2.41. The number of nitrogens with one attached hydrogen (secondary N) is 2. The van der Waals surface area contributed by atoms with Gasteiger partial charge in [0.15, 0.2) is 0 Å². The third kappa shape index (κ3) is 5.37. The Morgan fingerprint density at radius 2 is 1.84 bits per heavy atom. The molecule has 0 aliphatic carbocycles. The zero-order valence-corrected chi connectivity index (χ0v) is 11.7. The number of hydrogen-bond donors (Lipinski definition) is 3. The molecule has 1 aromatic rings. The Hall–Kier alpha value is -1.44. The van der Waals surface area contributed by atoms with Crippen LogP contribution in [0.25, 0.3) is 0 Å². The summed E-state index contributed by atoms with van der Waals surface area (Å²) in [6, 6.07) is 6.01. The number of carbonyl (C=O) groups excluding carboxylic acids is 1. The van der Waals surface area contributed by atoms with Crippen molar-refractivity contribution in [1.29, 1.82) is 0 Å². The van der Waals surface area contributed by atoms with Crippen LogP contribution in [0.4, 0.5) is 5.69 Å². The molecule has 0 heterocycles. The molecule has 0 saturated heterocycles. The minimum Gasteiger partial charge on any atom is -0.330 e. The van der Waals surface area contributed by atoms with Crippen LogP contribution in [0.15, 0.2) is 29.2 Å². The number of hydrogen-bond acceptors (Lipinski definition) is 4. The van der Waals surface area contributed by atoms with Gasteiger partial charge in [0.05, 0.1) is 4.90 Å². The van der Waals surface area contributed by atoms with E-state index in [1.165, 1.54) is 19.1 Å². The van der Waals surface area contributed by atoms with Gasteiger partial charge in [-0.3, -0.25) is 4.79 Å². The van der Waals surface area contributed by atoms with E-state index in [0.29, 0.717) is 25.2 Å². The fourth-order valence-corrected chi connectivity index (χ4v) is 2.55. The molecular weight excluding hydrogens is 266 g/mol. The summed E-state index contributed by atoms with van der Waals surface area (Å²) in [4.78, 5) is 11.0. The van der Waals surface area contributed by atoms with E-state index in [9.17, 15) is 13.2 Å². The van der Waals surface area contributed by atoms with Crippen molar-refractivity contribution in [2.75, 3.05) is 18.4 Å². The van der Waals surface area contributed by atoms with Gasteiger partial charge in [0.1, 0.15) is 0 Å². The molecule has 4 N–H and O–H groups in total. The number of sulfonamides is 1. The maximum Gasteiger partial charge on any atom is 0.240 e. The molecule has 1 amide bonds. The highest BCUT2D eigenvalue weighted by atomic mass is 32.2.